The lowest BCUT2D eigenvalue weighted by Crippen LogP contribution is -2.37. The molecule has 0 aromatic heterocycles. The molecule has 8 heteroatoms. The van der Waals surface area contributed by atoms with Gasteiger partial charge in [-0.3, -0.25) is 13.9 Å². The third kappa shape index (κ3) is 6.42. The van der Waals surface area contributed by atoms with Gasteiger partial charge in [-0.2, -0.15) is 0 Å². The zero-order valence-corrected chi connectivity index (χ0v) is 18.6. The SMILES string of the molecule is CC(=O)c1cccc(N(CC(=O)Nc2ccc(OCc3ccccc3)cc2)S(C)(=O)=O)c1. The number of rotatable bonds is 9. The van der Waals surface area contributed by atoms with Crippen LogP contribution in [0.2, 0.25) is 0 Å². The van der Waals surface area contributed by atoms with Gasteiger partial charge in [0.1, 0.15) is 18.9 Å². The van der Waals surface area contributed by atoms with E-state index in [1.807, 2.05) is 30.3 Å². The highest BCUT2D eigenvalue weighted by atomic mass is 32.2. The monoisotopic (exact) mass is 452 g/mol. The van der Waals surface area contributed by atoms with Crippen LogP contribution in [0.25, 0.3) is 0 Å². The fraction of sp³-hybridized carbons (Fsp3) is 0.167. The molecule has 0 aliphatic carbocycles. The first-order chi connectivity index (χ1) is 15.2. The van der Waals surface area contributed by atoms with Gasteiger partial charge in [-0.15, -0.1) is 0 Å². The van der Waals surface area contributed by atoms with Crippen molar-refractivity contribution in [2.75, 3.05) is 22.4 Å². The van der Waals surface area contributed by atoms with Gasteiger partial charge in [0.25, 0.3) is 0 Å². The summed E-state index contributed by atoms with van der Waals surface area (Å²) in [7, 11) is -3.75. The van der Waals surface area contributed by atoms with E-state index in [4.69, 9.17) is 4.74 Å². The predicted octanol–water partition coefficient (Wildman–Crippen LogP) is 3.87. The fourth-order valence-corrected chi connectivity index (χ4v) is 3.83. The van der Waals surface area contributed by atoms with Crippen LogP contribution < -0.4 is 14.4 Å². The molecule has 0 saturated heterocycles. The van der Waals surface area contributed by atoms with E-state index < -0.39 is 22.5 Å². The topological polar surface area (TPSA) is 92.8 Å². The first-order valence-electron chi connectivity index (χ1n) is 9.88. The Bertz CT molecular complexity index is 1190. The summed E-state index contributed by atoms with van der Waals surface area (Å²) in [6, 6.07) is 22.7. The highest BCUT2D eigenvalue weighted by Gasteiger charge is 2.21. The number of sulfonamides is 1. The number of nitrogens with one attached hydrogen (secondary N) is 1. The minimum Gasteiger partial charge on any atom is -0.489 e. The molecule has 0 atom stereocenters. The molecule has 0 heterocycles. The predicted molar refractivity (Wildman–Crippen MR) is 124 cm³/mol. The second-order valence-electron chi connectivity index (χ2n) is 7.22. The summed E-state index contributed by atoms with van der Waals surface area (Å²) in [6.45, 7) is 1.39. The Morgan fingerprint density at radius 1 is 0.938 bits per heavy atom. The van der Waals surface area contributed by atoms with Crippen LogP contribution in [0.3, 0.4) is 0 Å². The Labute approximate surface area is 187 Å². The average molecular weight is 453 g/mol. The van der Waals surface area contributed by atoms with Gasteiger partial charge in [-0.1, -0.05) is 42.5 Å². The van der Waals surface area contributed by atoms with Crippen molar-refractivity contribution in [3.05, 3.63) is 90.0 Å². The van der Waals surface area contributed by atoms with E-state index >= 15 is 0 Å². The van der Waals surface area contributed by atoms with Gasteiger partial charge in [-0.25, -0.2) is 8.42 Å². The molecular formula is C24H24N2O5S. The molecule has 0 saturated carbocycles. The number of Topliss-reactive ketones (excluding diaryl/α,β-unsaturated/α-hetero) is 1. The van der Waals surface area contributed by atoms with Crippen LogP contribution in [-0.2, 0) is 21.4 Å². The largest absolute Gasteiger partial charge is 0.489 e. The number of hydrogen-bond donors (Lipinski definition) is 1. The van der Waals surface area contributed by atoms with Gasteiger partial charge in [0, 0.05) is 11.3 Å². The summed E-state index contributed by atoms with van der Waals surface area (Å²) >= 11 is 0. The number of benzene rings is 3. The Morgan fingerprint density at radius 2 is 1.62 bits per heavy atom. The maximum atomic E-state index is 12.5. The molecule has 3 aromatic carbocycles. The molecule has 32 heavy (non-hydrogen) atoms. The van der Waals surface area contributed by atoms with E-state index in [0.717, 1.165) is 16.1 Å². The van der Waals surface area contributed by atoms with Crippen molar-refractivity contribution in [2.24, 2.45) is 0 Å². The number of nitrogens with zero attached hydrogens (tertiary/aromatic N) is 1. The quantitative estimate of drug-likeness (QED) is 0.498. The molecule has 1 amide bonds. The van der Waals surface area contributed by atoms with Crippen molar-refractivity contribution >= 4 is 33.1 Å². The lowest BCUT2D eigenvalue weighted by molar-refractivity contribution is -0.114. The molecule has 0 aliphatic heterocycles. The molecule has 166 valence electrons. The van der Waals surface area contributed by atoms with Crippen LogP contribution in [0.4, 0.5) is 11.4 Å². The molecule has 0 fully saturated rings. The Balaban J connectivity index is 1.65. The summed E-state index contributed by atoms with van der Waals surface area (Å²) in [5, 5.41) is 2.69. The molecule has 0 aliphatic rings. The molecule has 1 N–H and O–H groups in total. The smallest absolute Gasteiger partial charge is 0.245 e. The summed E-state index contributed by atoms with van der Waals surface area (Å²) < 4.78 is 31.2. The Morgan fingerprint density at radius 3 is 2.25 bits per heavy atom. The van der Waals surface area contributed by atoms with E-state index in [-0.39, 0.29) is 11.5 Å². The van der Waals surface area contributed by atoms with E-state index in [1.165, 1.54) is 13.0 Å². The number of amides is 1. The third-order valence-corrected chi connectivity index (χ3v) is 5.76. The van der Waals surface area contributed by atoms with Crippen LogP contribution in [0.5, 0.6) is 5.75 Å². The van der Waals surface area contributed by atoms with Gasteiger partial charge in [0.2, 0.25) is 15.9 Å². The van der Waals surface area contributed by atoms with Gasteiger partial charge < -0.3 is 10.1 Å². The molecule has 3 rings (SSSR count). The van der Waals surface area contributed by atoms with Crippen molar-refractivity contribution in [1.82, 2.24) is 0 Å². The van der Waals surface area contributed by atoms with Crippen LogP contribution >= 0.6 is 0 Å². The second kappa shape index (κ2) is 10.1. The zero-order valence-electron chi connectivity index (χ0n) is 17.8. The van der Waals surface area contributed by atoms with E-state index in [2.05, 4.69) is 5.32 Å². The first kappa shape index (κ1) is 23.0. The number of ketones is 1. The lowest BCUT2D eigenvalue weighted by Gasteiger charge is -2.22. The highest BCUT2D eigenvalue weighted by molar-refractivity contribution is 7.92. The van der Waals surface area contributed by atoms with Crippen LogP contribution in [0.1, 0.15) is 22.8 Å². The summed E-state index contributed by atoms with van der Waals surface area (Å²) in [5.74, 6) is -0.0633. The van der Waals surface area contributed by atoms with Crippen molar-refractivity contribution in [2.45, 2.75) is 13.5 Å². The van der Waals surface area contributed by atoms with Crippen molar-refractivity contribution in [1.29, 1.82) is 0 Å². The van der Waals surface area contributed by atoms with Crippen LogP contribution in [0, 0.1) is 0 Å². The molecule has 0 unspecified atom stereocenters. The van der Waals surface area contributed by atoms with Crippen LogP contribution in [0.15, 0.2) is 78.9 Å². The van der Waals surface area contributed by atoms with E-state index in [9.17, 15) is 18.0 Å². The number of carbonyl (C=O) groups is 2. The minimum atomic E-state index is -3.75. The highest BCUT2D eigenvalue weighted by Crippen LogP contribution is 2.21. The number of hydrogen-bond acceptors (Lipinski definition) is 5. The van der Waals surface area contributed by atoms with Crippen molar-refractivity contribution in [3.8, 4) is 5.75 Å². The molecule has 0 bridgehead atoms. The summed E-state index contributed by atoms with van der Waals surface area (Å²) in [6.07, 6.45) is 1.01. The van der Waals surface area contributed by atoms with E-state index in [1.54, 1.807) is 42.5 Å². The normalized spacial score (nSPS) is 10.9. The molecular weight excluding hydrogens is 428 g/mol. The molecule has 7 nitrogen and oxygen atoms in total. The number of ether oxygens (including phenoxy) is 1. The second-order valence-corrected chi connectivity index (χ2v) is 9.13. The molecule has 0 radical (unpaired) electrons. The third-order valence-electron chi connectivity index (χ3n) is 4.61. The Hall–Kier alpha value is -3.65. The Kier molecular flexibility index (Phi) is 7.27. The summed E-state index contributed by atoms with van der Waals surface area (Å²) in [5.41, 5.74) is 2.16. The van der Waals surface area contributed by atoms with Crippen molar-refractivity contribution < 1.29 is 22.7 Å². The van der Waals surface area contributed by atoms with Gasteiger partial charge in [0.15, 0.2) is 5.78 Å². The number of carbonyl (C=O) groups excluding carboxylic acids is 2. The maximum absolute atomic E-state index is 12.5. The molecule has 0 spiro atoms. The van der Waals surface area contributed by atoms with Crippen LogP contribution in [-0.4, -0.2) is 32.9 Å². The zero-order chi connectivity index (χ0) is 23.1. The van der Waals surface area contributed by atoms with Gasteiger partial charge in [-0.05, 0) is 48.9 Å². The maximum Gasteiger partial charge on any atom is 0.245 e. The average Bonchev–Trinajstić information content (AvgIpc) is 2.77. The number of anilines is 2. The van der Waals surface area contributed by atoms with Crippen molar-refractivity contribution in [3.63, 3.8) is 0 Å². The van der Waals surface area contributed by atoms with Gasteiger partial charge in [0.05, 0.1) is 11.9 Å². The fourth-order valence-electron chi connectivity index (χ4n) is 2.99. The molecule has 3 aromatic rings. The summed E-state index contributed by atoms with van der Waals surface area (Å²) in [4.78, 5) is 24.2. The first-order valence-corrected chi connectivity index (χ1v) is 11.7. The minimum absolute atomic E-state index is 0.195. The standard InChI is InChI=1S/C24H24N2O5S/c1-18(27)20-9-6-10-22(15-20)26(32(2,29)30)16-24(28)25-21-11-13-23(14-12-21)31-17-19-7-4-3-5-8-19/h3-15H,16-17H2,1-2H3,(H,25,28). The lowest BCUT2D eigenvalue weighted by atomic mass is 10.1. The van der Waals surface area contributed by atoms with E-state index in [0.29, 0.717) is 23.6 Å². The van der Waals surface area contributed by atoms with Gasteiger partial charge >= 0.3 is 0 Å².